The molecule has 3 nitrogen and oxygen atoms in total. The summed E-state index contributed by atoms with van der Waals surface area (Å²) in [6, 6.07) is 9.98. The summed E-state index contributed by atoms with van der Waals surface area (Å²) in [7, 11) is 0. The van der Waals surface area contributed by atoms with Crippen LogP contribution < -0.4 is 0 Å². The first-order valence-corrected chi connectivity index (χ1v) is 6.72. The van der Waals surface area contributed by atoms with Crippen molar-refractivity contribution in [1.29, 1.82) is 0 Å². The highest BCUT2D eigenvalue weighted by Gasteiger charge is 2.17. The average molecular weight is 252 g/mol. The van der Waals surface area contributed by atoms with Gasteiger partial charge in [0, 0.05) is 6.61 Å². The van der Waals surface area contributed by atoms with Gasteiger partial charge in [0.1, 0.15) is 0 Å². The smallest absolute Gasteiger partial charge is 0.0835 e. The van der Waals surface area contributed by atoms with Gasteiger partial charge in [-0.3, -0.25) is 0 Å². The maximum atomic E-state index is 10.0. The minimum absolute atomic E-state index is 0.121. The average Bonchev–Trinajstić information content (AvgIpc) is 2.41. The van der Waals surface area contributed by atoms with Gasteiger partial charge >= 0.3 is 0 Å². The maximum absolute atomic E-state index is 10.0. The van der Waals surface area contributed by atoms with Gasteiger partial charge in [-0.05, 0) is 31.2 Å². The van der Waals surface area contributed by atoms with Crippen molar-refractivity contribution in [3.63, 3.8) is 0 Å². The lowest BCUT2D eigenvalue weighted by molar-refractivity contribution is -0.0510. The Morgan fingerprint density at radius 1 is 1.17 bits per heavy atom. The van der Waals surface area contributed by atoms with E-state index in [4.69, 9.17) is 9.84 Å². The Hall–Kier alpha value is -0.900. The van der Waals surface area contributed by atoms with Crippen molar-refractivity contribution in [2.75, 3.05) is 6.61 Å². The van der Waals surface area contributed by atoms with Gasteiger partial charge < -0.3 is 14.9 Å². The second-order valence-corrected chi connectivity index (χ2v) is 4.53. The van der Waals surface area contributed by atoms with Gasteiger partial charge in [0.25, 0.3) is 0 Å². The van der Waals surface area contributed by atoms with E-state index in [1.807, 2.05) is 37.3 Å². The van der Waals surface area contributed by atoms with Crippen LogP contribution in [0.25, 0.3) is 0 Å². The Bertz CT molecular complexity index is 300. The molecule has 0 heterocycles. The van der Waals surface area contributed by atoms with E-state index in [9.17, 15) is 5.11 Å². The van der Waals surface area contributed by atoms with Crippen LogP contribution in [0.15, 0.2) is 30.3 Å². The van der Waals surface area contributed by atoms with Gasteiger partial charge in [0.05, 0.1) is 18.8 Å². The minimum Gasteiger partial charge on any atom is -0.396 e. The normalized spacial score (nSPS) is 14.4. The molecule has 1 rings (SSSR count). The zero-order valence-corrected chi connectivity index (χ0v) is 11.1. The molecule has 0 aromatic heterocycles. The lowest BCUT2D eigenvalue weighted by atomic mass is 10.1. The topological polar surface area (TPSA) is 49.7 Å². The van der Waals surface area contributed by atoms with Crippen molar-refractivity contribution in [2.45, 2.75) is 51.4 Å². The molecular formula is C15H24O3. The zero-order valence-electron chi connectivity index (χ0n) is 11.1. The molecule has 0 spiro atoms. The van der Waals surface area contributed by atoms with Crippen LogP contribution in [0.1, 0.15) is 38.2 Å². The fourth-order valence-electron chi connectivity index (χ4n) is 1.93. The highest BCUT2D eigenvalue weighted by molar-refractivity contribution is 5.13. The van der Waals surface area contributed by atoms with Crippen molar-refractivity contribution < 1.29 is 14.9 Å². The van der Waals surface area contributed by atoms with Crippen LogP contribution in [0.4, 0.5) is 0 Å². The number of hydrogen-bond donors (Lipinski definition) is 2. The molecule has 0 bridgehead atoms. The maximum Gasteiger partial charge on any atom is 0.0835 e. The first-order chi connectivity index (χ1) is 8.77. The molecule has 0 saturated carbocycles. The van der Waals surface area contributed by atoms with Crippen molar-refractivity contribution in [3.05, 3.63) is 35.9 Å². The van der Waals surface area contributed by atoms with E-state index in [0.717, 1.165) is 24.8 Å². The molecule has 2 N–H and O–H groups in total. The second kappa shape index (κ2) is 9.09. The first kappa shape index (κ1) is 15.2. The largest absolute Gasteiger partial charge is 0.396 e. The molecule has 0 aliphatic rings. The minimum atomic E-state index is -0.440. The number of hydrogen-bond acceptors (Lipinski definition) is 3. The molecular weight excluding hydrogens is 228 g/mol. The molecule has 18 heavy (non-hydrogen) atoms. The van der Waals surface area contributed by atoms with Crippen LogP contribution in [0.5, 0.6) is 0 Å². The Morgan fingerprint density at radius 3 is 2.50 bits per heavy atom. The summed E-state index contributed by atoms with van der Waals surface area (Å²) in [5.41, 5.74) is 1.12. The van der Waals surface area contributed by atoms with E-state index >= 15 is 0 Å². The standard InChI is InChI=1S/C15H24O3/c1-2-15(14(17)10-6-7-11-16)18-12-13-8-4-3-5-9-13/h3-5,8-9,14-17H,2,6-7,10-12H2,1H3/t14-,15+/m0/s1. The van der Waals surface area contributed by atoms with Crippen LogP contribution in [0.2, 0.25) is 0 Å². The van der Waals surface area contributed by atoms with Gasteiger partial charge in [0.15, 0.2) is 0 Å². The summed E-state index contributed by atoms with van der Waals surface area (Å²) in [5.74, 6) is 0. The van der Waals surface area contributed by atoms with Gasteiger partial charge in [-0.2, -0.15) is 0 Å². The second-order valence-electron chi connectivity index (χ2n) is 4.53. The van der Waals surface area contributed by atoms with E-state index in [1.165, 1.54) is 0 Å². The van der Waals surface area contributed by atoms with E-state index in [-0.39, 0.29) is 12.7 Å². The molecule has 0 fully saturated rings. The SMILES string of the molecule is CC[C@@H](OCc1ccccc1)[C@@H](O)CCCCO. The van der Waals surface area contributed by atoms with Gasteiger partial charge in [-0.1, -0.05) is 37.3 Å². The van der Waals surface area contributed by atoms with Crippen LogP contribution in [-0.4, -0.2) is 29.0 Å². The quantitative estimate of drug-likeness (QED) is 0.664. The van der Waals surface area contributed by atoms with Crippen LogP contribution in [0.3, 0.4) is 0 Å². The van der Waals surface area contributed by atoms with Crippen molar-refractivity contribution >= 4 is 0 Å². The highest BCUT2D eigenvalue weighted by atomic mass is 16.5. The first-order valence-electron chi connectivity index (χ1n) is 6.72. The summed E-state index contributed by atoms with van der Waals surface area (Å²) in [6.07, 6.45) is 2.50. The van der Waals surface area contributed by atoms with E-state index in [1.54, 1.807) is 0 Å². The Morgan fingerprint density at radius 2 is 1.89 bits per heavy atom. The lowest BCUT2D eigenvalue weighted by Gasteiger charge is -2.22. The van der Waals surface area contributed by atoms with Gasteiger partial charge in [0.2, 0.25) is 0 Å². The molecule has 3 heteroatoms. The monoisotopic (exact) mass is 252 g/mol. The number of aliphatic hydroxyl groups excluding tert-OH is 2. The highest BCUT2D eigenvalue weighted by Crippen LogP contribution is 2.13. The summed E-state index contributed by atoms with van der Waals surface area (Å²) in [6.45, 7) is 2.75. The van der Waals surface area contributed by atoms with Crippen LogP contribution in [-0.2, 0) is 11.3 Å². The zero-order chi connectivity index (χ0) is 13.2. The molecule has 0 radical (unpaired) electrons. The summed E-state index contributed by atoms with van der Waals surface area (Å²) in [5, 5.41) is 18.7. The molecule has 102 valence electrons. The Labute approximate surface area is 109 Å². The number of rotatable bonds is 9. The fraction of sp³-hybridized carbons (Fsp3) is 0.600. The van der Waals surface area contributed by atoms with E-state index < -0.39 is 6.10 Å². The molecule has 0 unspecified atom stereocenters. The number of unbranched alkanes of at least 4 members (excludes halogenated alkanes) is 1. The van der Waals surface area contributed by atoms with Crippen LogP contribution in [0, 0.1) is 0 Å². The molecule has 1 aromatic carbocycles. The molecule has 0 amide bonds. The van der Waals surface area contributed by atoms with E-state index in [2.05, 4.69) is 0 Å². The molecule has 0 aliphatic heterocycles. The molecule has 0 aliphatic carbocycles. The lowest BCUT2D eigenvalue weighted by Crippen LogP contribution is -2.28. The fourth-order valence-corrected chi connectivity index (χ4v) is 1.93. The van der Waals surface area contributed by atoms with Gasteiger partial charge in [-0.15, -0.1) is 0 Å². The van der Waals surface area contributed by atoms with Gasteiger partial charge in [-0.25, -0.2) is 0 Å². The molecule has 0 saturated heterocycles. The Balaban J connectivity index is 2.32. The summed E-state index contributed by atoms with van der Waals surface area (Å²) in [4.78, 5) is 0. The third kappa shape index (κ3) is 5.63. The predicted octanol–water partition coefficient (Wildman–Crippen LogP) is 2.51. The number of benzene rings is 1. The summed E-state index contributed by atoms with van der Waals surface area (Å²) >= 11 is 0. The van der Waals surface area contributed by atoms with Crippen molar-refractivity contribution in [1.82, 2.24) is 0 Å². The third-order valence-electron chi connectivity index (χ3n) is 3.05. The predicted molar refractivity (Wildman–Crippen MR) is 72.3 cm³/mol. The van der Waals surface area contributed by atoms with Crippen molar-refractivity contribution in [2.24, 2.45) is 0 Å². The van der Waals surface area contributed by atoms with Crippen LogP contribution >= 0.6 is 0 Å². The third-order valence-corrected chi connectivity index (χ3v) is 3.05. The van der Waals surface area contributed by atoms with Crippen molar-refractivity contribution in [3.8, 4) is 0 Å². The van der Waals surface area contributed by atoms with E-state index in [0.29, 0.717) is 13.0 Å². The Kier molecular flexibility index (Phi) is 7.65. The molecule has 2 atom stereocenters. The summed E-state index contributed by atoms with van der Waals surface area (Å²) < 4.78 is 5.76. The number of ether oxygens (including phenoxy) is 1. The number of aliphatic hydroxyl groups is 2. The molecule has 1 aromatic rings.